The lowest BCUT2D eigenvalue weighted by molar-refractivity contribution is -0.142. The molecule has 0 aromatic carbocycles. The number of carbonyl (C=O) groups excluding carboxylic acids is 1. The van der Waals surface area contributed by atoms with Crippen molar-refractivity contribution in [2.45, 2.75) is 39.2 Å². The molecule has 0 bridgehead atoms. The third-order valence-electron chi connectivity index (χ3n) is 2.09. The number of carboxylic acid groups (broad SMARTS) is 1. The van der Waals surface area contributed by atoms with Gasteiger partial charge in [-0.25, -0.2) is 4.79 Å². The number of rotatable bonds is 7. The predicted molar refractivity (Wildman–Crippen MR) is 57.3 cm³/mol. The van der Waals surface area contributed by atoms with Crippen LogP contribution in [0.5, 0.6) is 0 Å². The molecule has 88 valence electrons. The van der Waals surface area contributed by atoms with Gasteiger partial charge in [0.25, 0.3) is 0 Å². The van der Waals surface area contributed by atoms with Gasteiger partial charge in [0.15, 0.2) is 0 Å². The van der Waals surface area contributed by atoms with Crippen LogP contribution in [0.25, 0.3) is 0 Å². The Balaban J connectivity index is 4.05. The summed E-state index contributed by atoms with van der Waals surface area (Å²) in [7, 11) is 0. The van der Waals surface area contributed by atoms with E-state index in [4.69, 9.17) is 10.8 Å². The molecule has 5 heteroatoms. The van der Waals surface area contributed by atoms with Crippen molar-refractivity contribution < 1.29 is 14.7 Å². The Hall–Kier alpha value is -1.10. The number of amides is 1. The van der Waals surface area contributed by atoms with Crippen molar-refractivity contribution in [3.63, 3.8) is 0 Å². The molecule has 1 atom stereocenters. The van der Waals surface area contributed by atoms with E-state index in [1.165, 1.54) is 0 Å². The standard InChI is InChI=1S/C10H20N2O3/c1-7(2)9(13)12-8(10(14)15)5-3-4-6-11/h7-8H,3-6,11H2,1-2H3,(H,12,13)(H,14,15)/t8-/m0/s1. The molecular weight excluding hydrogens is 196 g/mol. The van der Waals surface area contributed by atoms with Crippen LogP contribution in [0.15, 0.2) is 0 Å². The van der Waals surface area contributed by atoms with Crippen LogP contribution in [0, 0.1) is 5.92 Å². The maximum absolute atomic E-state index is 11.3. The minimum Gasteiger partial charge on any atom is -0.480 e. The molecule has 0 spiro atoms. The first-order chi connectivity index (χ1) is 6.99. The molecule has 0 aliphatic heterocycles. The largest absolute Gasteiger partial charge is 0.480 e. The van der Waals surface area contributed by atoms with Gasteiger partial charge in [0.05, 0.1) is 0 Å². The van der Waals surface area contributed by atoms with Crippen molar-refractivity contribution in [1.29, 1.82) is 0 Å². The lowest BCUT2D eigenvalue weighted by atomic mass is 10.1. The van der Waals surface area contributed by atoms with Crippen molar-refractivity contribution in [2.24, 2.45) is 11.7 Å². The van der Waals surface area contributed by atoms with Gasteiger partial charge in [-0.1, -0.05) is 13.8 Å². The van der Waals surface area contributed by atoms with E-state index < -0.39 is 12.0 Å². The van der Waals surface area contributed by atoms with E-state index in [1.807, 2.05) is 0 Å². The molecule has 0 radical (unpaired) electrons. The molecular formula is C10H20N2O3. The molecule has 0 fully saturated rings. The molecule has 0 aliphatic carbocycles. The van der Waals surface area contributed by atoms with Gasteiger partial charge in [-0.15, -0.1) is 0 Å². The van der Waals surface area contributed by atoms with E-state index in [9.17, 15) is 9.59 Å². The monoisotopic (exact) mass is 216 g/mol. The highest BCUT2D eigenvalue weighted by molar-refractivity contribution is 5.84. The fourth-order valence-electron chi connectivity index (χ4n) is 1.09. The highest BCUT2D eigenvalue weighted by Gasteiger charge is 2.20. The summed E-state index contributed by atoms with van der Waals surface area (Å²) >= 11 is 0. The third kappa shape index (κ3) is 6.06. The molecule has 0 heterocycles. The first-order valence-corrected chi connectivity index (χ1v) is 5.22. The first-order valence-electron chi connectivity index (χ1n) is 5.22. The Morgan fingerprint density at radius 2 is 1.93 bits per heavy atom. The molecule has 15 heavy (non-hydrogen) atoms. The van der Waals surface area contributed by atoms with Gasteiger partial charge in [-0.05, 0) is 25.8 Å². The highest BCUT2D eigenvalue weighted by Crippen LogP contribution is 2.02. The van der Waals surface area contributed by atoms with Gasteiger partial charge in [0.1, 0.15) is 6.04 Å². The SMILES string of the molecule is CC(C)C(=O)N[C@@H](CCCCN)C(=O)O. The molecule has 5 nitrogen and oxygen atoms in total. The zero-order valence-corrected chi connectivity index (χ0v) is 9.32. The summed E-state index contributed by atoms with van der Waals surface area (Å²) in [6, 6.07) is -0.786. The van der Waals surface area contributed by atoms with Crippen LogP contribution in [-0.4, -0.2) is 29.6 Å². The fourth-order valence-corrected chi connectivity index (χ4v) is 1.09. The summed E-state index contributed by atoms with van der Waals surface area (Å²) in [5, 5.41) is 11.4. The Morgan fingerprint density at radius 1 is 1.33 bits per heavy atom. The van der Waals surface area contributed by atoms with Gasteiger partial charge in [-0.3, -0.25) is 4.79 Å². The molecule has 0 saturated carbocycles. The summed E-state index contributed by atoms with van der Waals surface area (Å²) in [4.78, 5) is 22.1. The van der Waals surface area contributed by atoms with Gasteiger partial charge in [0, 0.05) is 5.92 Å². The van der Waals surface area contributed by atoms with Crippen molar-refractivity contribution in [3.05, 3.63) is 0 Å². The second kappa shape index (κ2) is 7.23. The van der Waals surface area contributed by atoms with Crippen LogP contribution in [0.1, 0.15) is 33.1 Å². The maximum atomic E-state index is 11.3. The Bertz CT molecular complexity index is 217. The average molecular weight is 216 g/mol. The Morgan fingerprint density at radius 3 is 2.33 bits per heavy atom. The van der Waals surface area contributed by atoms with Crippen LogP contribution in [-0.2, 0) is 9.59 Å². The Labute approximate surface area is 90.0 Å². The van der Waals surface area contributed by atoms with Crippen molar-refractivity contribution >= 4 is 11.9 Å². The van der Waals surface area contributed by atoms with Gasteiger partial charge >= 0.3 is 5.97 Å². The van der Waals surface area contributed by atoms with Crippen LogP contribution in [0.3, 0.4) is 0 Å². The van der Waals surface area contributed by atoms with Gasteiger partial charge in [-0.2, -0.15) is 0 Å². The topological polar surface area (TPSA) is 92.4 Å². The van der Waals surface area contributed by atoms with Crippen LogP contribution < -0.4 is 11.1 Å². The number of carbonyl (C=O) groups is 2. The van der Waals surface area contributed by atoms with Crippen LogP contribution >= 0.6 is 0 Å². The number of carboxylic acids is 1. The quantitative estimate of drug-likeness (QED) is 0.535. The lowest BCUT2D eigenvalue weighted by Gasteiger charge is -2.15. The Kier molecular flexibility index (Phi) is 6.70. The van der Waals surface area contributed by atoms with Crippen molar-refractivity contribution in [3.8, 4) is 0 Å². The molecule has 4 N–H and O–H groups in total. The van der Waals surface area contributed by atoms with Gasteiger partial charge in [0.2, 0.25) is 5.91 Å². The van der Waals surface area contributed by atoms with E-state index in [-0.39, 0.29) is 11.8 Å². The molecule has 0 aliphatic rings. The molecule has 1 amide bonds. The van der Waals surface area contributed by atoms with E-state index in [0.717, 1.165) is 6.42 Å². The molecule has 0 aromatic rings. The number of hydrogen-bond donors (Lipinski definition) is 3. The predicted octanol–water partition coefficient (Wildman–Crippen LogP) is 0.341. The lowest BCUT2D eigenvalue weighted by Crippen LogP contribution is -2.42. The van der Waals surface area contributed by atoms with E-state index in [2.05, 4.69) is 5.32 Å². The average Bonchev–Trinajstić information content (AvgIpc) is 2.15. The normalized spacial score (nSPS) is 12.5. The summed E-state index contributed by atoms with van der Waals surface area (Å²) in [6.45, 7) is 4.01. The first kappa shape index (κ1) is 13.9. The molecule has 0 saturated heterocycles. The molecule has 0 unspecified atom stereocenters. The second-order valence-electron chi connectivity index (χ2n) is 3.84. The summed E-state index contributed by atoms with van der Waals surface area (Å²) in [5.74, 6) is -1.41. The van der Waals surface area contributed by atoms with Crippen LogP contribution in [0.2, 0.25) is 0 Å². The second-order valence-corrected chi connectivity index (χ2v) is 3.84. The number of hydrogen-bond acceptors (Lipinski definition) is 3. The third-order valence-corrected chi connectivity index (χ3v) is 2.09. The van der Waals surface area contributed by atoms with E-state index >= 15 is 0 Å². The maximum Gasteiger partial charge on any atom is 0.326 e. The summed E-state index contributed by atoms with van der Waals surface area (Å²) in [5.41, 5.74) is 5.31. The number of unbranched alkanes of at least 4 members (excludes halogenated alkanes) is 1. The highest BCUT2D eigenvalue weighted by atomic mass is 16.4. The summed E-state index contributed by atoms with van der Waals surface area (Å²) in [6.07, 6.45) is 1.93. The van der Waals surface area contributed by atoms with Crippen molar-refractivity contribution in [2.75, 3.05) is 6.54 Å². The minimum atomic E-state index is -0.985. The van der Waals surface area contributed by atoms with Crippen LogP contribution in [0.4, 0.5) is 0 Å². The number of nitrogens with one attached hydrogen (secondary N) is 1. The summed E-state index contributed by atoms with van der Waals surface area (Å²) < 4.78 is 0. The van der Waals surface area contributed by atoms with E-state index in [1.54, 1.807) is 13.8 Å². The minimum absolute atomic E-state index is 0.193. The number of nitrogens with two attached hydrogens (primary N) is 1. The zero-order valence-electron chi connectivity index (χ0n) is 9.32. The van der Waals surface area contributed by atoms with Crippen molar-refractivity contribution in [1.82, 2.24) is 5.32 Å². The molecule has 0 rings (SSSR count). The van der Waals surface area contributed by atoms with Gasteiger partial charge < -0.3 is 16.2 Å². The fraction of sp³-hybridized carbons (Fsp3) is 0.800. The number of aliphatic carboxylic acids is 1. The smallest absolute Gasteiger partial charge is 0.326 e. The zero-order chi connectivity index (χ0) is 11.8. The molecule has 0 aromatic heterocycles. The van der Waals surface area contributed by atoms with E-state index in [0.29, 0.717) is 19.4 Å².